The molecule has 5 heteroatoms. The predicted molar refractivity (Wildman–Crippen MR) is 82.6 cm³/mol. The fourth-order valence-corrected chi connectivity index (χ4v) is 2.59. The molecular weight excluding hydrogens is 290 g/mol. The van der Waals surface area contributed by atoms with Gasteiger partial charge in [0.15, 0.2) is 0 Å². The summed E-state index contributed by atoms with van der Waals surface area (Å²) < 4.78 is 5.46. The van der Waals surface area contributed by atoms with Gasteiger partial charge in [0, 0.05) is 29.2 Å². The van der Waals surface area contributed by atoms with Crippen molar-refractivity contribution < 1.29 is 14.6 Å². The lowest BCUT2D eigenvalue weighted by Gasteiger charge is -2.23. The van der Waals surface area contributed by atoms with Crippen LogP contribution in [0.1, 0.15) is 29.6 Å². The molecule has 1 unspecified atom stereocenters. The molecule has 1 aromatic heterocycles. The maximum absolute atomic E-state index is 10.6. The van der Waals surface area contributed by atoms with E-state index in [0.29, 0.717) is 29.4 Å². The Hall–Kier alpha value is -1.49. The molecule has 0 aliphatic rings. The predicted octanol–water partition coefficient (Wildman–Crippen LogP) is 3.25. The SMILES string of the molecule is Cc1cc(C(C)(O)CNCc2cc(Cl)ccc2O)c(C)o1. The minimum atomic E-state index is -1.05. The van der Waals surface area contributed by atoms with Crippen molar-refractivity contribution in [2.24, 2.45) is 0 Å². The molecule has 3 N–H and O–H groups in total. The van der Waals surface area contributed by atoms with Crippen LogP contribution in [0.25, 0.3) is 0 Å². The van der Waals surface area contributed by atoms with E-state index in [-0.39, 0.29) is 5.75 Å². The molecule has 0 aliphatic heterocycles. The van der Waals surface area contributed by atoms with Gasteiger partial charge in [0.25, 0.3) is 0 Å². The maximum atomic E-state index is 10.6. The number of nitrogens with one attached hydrogen (secondary N) is 1. The van der Waals surface area contributed by atoms with Crippen molar-refractivity contribution in [2.45, 2.75) is 32.9 Å². The van der Waals surface area contributed by atoms with E-state index in [9.17, 15) is 10.2 Å². The zero-order valence-electron chi connectivity index (χ0n) is 12.4. The van der Waals surface area contributed by atoms with Crippen LogP contribution in [0.5, 0.6) is 5.75 Å². The number of aromatic hydroxyl groups is 1. The molecule has 0 aliphatic carbocycles. The number of phenolic OH excluding ortho intramolecular Hbond substituents is 1. The molecule has 1 atom stereocenters. The van der Waals surface area contributed by atoms with Crippen LogP contribution in [0, 0.1) is 13.8 Å². The number of hydrogen-bond acceptors (Lipinski definition) is 4. The molecule has 2 aromatic rings. The first-order valence-corrected chi connectivity index (χ1v) is 7.15. The minimum Gasteiger partial charge on any atom is -0.508 e. The van der Waals surface area contributed by atoms with E-state index in [1.54, 1.807) is 25.1 Å². The summed E-state index contributed by atoms with van der Waals surface area (Å²) in [6.07, 6.45) is 0. The molecule has 4 nitrogen and oxygen atoms in total. The van der Waals surface area contributed by atoms with Gasteiger partial charge in [0.05, 0.1) is 0 Å². The standard InChI is InChI=1S/C16H20ClNO3/c1-10-6-14(11(2)21-10)16(3,20)9-18-8-12-7-13(17)4-5-15(12)19/h4-7,18-20H,8-9H2,1-3H3. The molecule has 114 valence electrons. The highest BCUT2D eigenvalue weighted by Gasteiger charge is 2.27. The second-order valence-electron chi connectivity index (χ2n) is 5.48. The molecule has 1 aromatic carbocycles. The van der Waals surface area contributed by atoms with E-state index >= 15 is 0 Å². The monoisotopic (exact) mass is 309 g/mol. The quantitative estimate of drug-likeness (QED) is 0.793. The first kappa shape index (κ1) is 15.9. The van der Waals surface area contributed by atoms with Crippen molar-refractivity contribution in [1.82, 2.24) is 5.32 Å². The van der Waals surface area contributed by atoms with Crippen molar-refractivity contribution in [3.63, 3.8) is 0 Å². The largest absolute Gasteiger partial charge is 0.508 e. The second-order valence-corrected chi connectivity index (χ2v) is 5.91. The first-order valence-electron chi connectivity index (χ1n) is 6.77. The third-order valence-electron chi connectivity index (χ3n) is 3.45. The summed E-state index contributed by atoms with van der Waals surface area (Å²) in [5.41, 5.74) is 0.414. The Balaban J connectivity index is 2.02. The highest BCUT2D eigenvalue weighted by Crippen LogP contribution is 2.27. The van der Waals surface area contributed by atoms with Gasteiger partial charge in [-0.25, -0.2) is 0 Å². The van der Waals surface area contributed by atoms with E-state index in [4.69, 9.17) is 16.0 Å². The minimum absolute atomic E-state index is 0.182. The lowest BCUT2D eigenvalue weighted by Crippen LogP contribution is -2.35. The maximum Gasteiger partial charge on any atom is 0.120 e. The molecule has 0 spiro atoms. The van der Waals surface area contributed by atoms with Crippen molar-refractivity contribution in [1.29, 1.82) is 0 Å². The highest BCUT2D eigenvalue weighted by molar-refractivity contribution is 6.30. The fourth-order valence-electron chi connectivity index (χ4n) is 2.40. The third kappa shape index (κ3) is 3.79. The van der Waals surface area contributed by atoms with Crippen LogP contribution < -0.4 is 5.32 Å². The Bertz CT molecular complexity index is 634. The zero-order chi connectivity index (χ0) is 15.6. The Morgan fingerprint density at radius 3 is 2.62 bits per heavy atom. The van der Waals surface area contributed by atoms with Crippen LogP contribution in [-0.4, -0.2) is 16.8 Å². The van der Waals surface area contributed by atoms with Gasteiger partial charge in [-0.15, -0.1) is 0 Å². The number of aliphatic hydroxyl groups is 1. The van der Waals surface area contributed by atoms with E-state index in [2.05, 4.69) is 5.32 Å². The number of aryl methyl sites for hydroxylation is 2. The molecule has 0 saturated carbocycles. The molecular formula is C16H20ClNO3. The van der Waals surface area contributed by atoms with Gasteiger partial charge < -0.3 is 19.9 Å². The Morgan fingerprint density at radius 1 is 1.29 bits per heavy atom. The first-order chi connectivity index (χ1) is 9.79. The second kappa shape index (κ2) is 6.10. The lowest BCUT2D eigenvalue weighted by molar-refractivity contribution is 0.0551. The van der Waals surface area contributed by atoms with E-state index in [1.165, 1.54) is 0 Å². The normalized spacial score (nSPS) is 14.1. The van der Waals surface area contributed by atoms with Gasteiger partial charge in [0.1, 0.15) is 22.9 Å². The summed E-state index contributed by atoms with van der Waals surface area (Å²) in [5.74, 6) is 1.67. The molecule has 21 heavy (non-hydrogen) atoms. The van der Waals surface area contributed by atoms with Crippen molar-refractivity contribution in [2.75, 3.05) is 6.54 Å². The van der Waals surface area contributed by atoms with E-state index in [0.717, 1.165) is 11.3 Å². The lowest BCUT2D eigenvalue weighted by atomic mass is 9.96. The molecule has 2 rings (SSSR count). The van der Waals surface area contributed by atoms with E-state index < -0.39 is 5.60 Å². The van der Waals surface area contributed by atoms with Gasteiger partial charge in [-0.3, -0.25) is 0 Å². The Morgan fingerprint density at radius 2 is 2.00 bits per heavy atom. The highest BCUT2D eigenvalue weighted by atomic mass is 35.5. The number of halogens is 1. The van der Waals surface area contributed by atoms with Crippen LogP contribution in [0.3, 0.4) is 0 Å². The number of furan rings is 1. The van der Waals surface area contributed by atoms with Crippen LogP contribution in [0.15, 0.2) is 28.7 Å². The number of benzene rings is 1. The van der Waals surface area contributed by atoms with Gasteiger partial charge in [-0.1, -0.05) is 11.6 Å². The summed E-state index contributed by atoms with van der Waals surface area (Å²) in [6.45, 7) is 6.16. The van der Waals surface area contributed by atoms with Gasteiger partial charge in [-0.2, -0.15) is 0 Å². The molecule has 0 saturated heterocycles. The molecule has 0 bridgehead atoms. The summed E-state index contributed by atoms with van der Waals surface area (Å²) >= 11 is 5.90. The van der Waals surface area contributed by atoms with Crippen LogP contribution in [0.2, 0.25) is 5.02 Å². The van der Waals surface area contributed by atoms with Crippen LogP contribution >= 0.6 is 11.6 Å². The number of phenols is 1. The van der Waals surface area contributed by atoms with Gasteiger partial charge in [0.2, 0.25) is 0 Å². The number of rotatable bonds is 5. The summed E-state index contributed by atoms with van der Waals surface area (Å²) in [7, 11) is 0. The summed E-state index contributed by atoms with van der Waals surface area (Å²) in [4.78, 5) is 0. The van der Waals surface area contributed by atoms with Crippen molar-refractivity contribution in [3.05, 3.63) is 51.9 Å². The molecule has 1 heterocycles. The van der Waals surface area contributed by atoms with Gasteiger partial charge in [-0.05, 0) is 45.0 Å². The smallest absolute Gasteiger partial charge is 0.120 e. The number of hydrogen-bond donors (Lipinski definition) is 3. The van der Waals surface area contributed by atoms with Crippen molar-refractivity contribution >= 4 is 11.6 Å². The third-order valence-corrected chi connectivity index (χ3v) is 3.68. The summed E-state index contributed by atoms with van der Waals surface area (Å²) in [5, 5.41) is 24.0. The Kier molecular flexibility index (Phi) is 4.61. The average Bonchev–Trinajstić information content (AvgIpc) is 2.73. The van der Waals surface area contributed by atoms with Crippen LogP contribution in [0.4, 0.5) is 0 Å². The fraction of sp³-hybridized carbons (Fsp3) is 0.375. The molecule has 0 amide bonds. The average molecular weight is 310 g/mol. The van der Waals surface area contributed by atoms with Crippen LogP contribution in [-0.2, 0) is 12.1 Å². The molecule has 0 fully saturated rings. The Labute approximate surface area is 129 Å². The van der Waals surface area contributed by atoms with Crippen molar-refractivity contribution in [3.8, 4) is 5.75 Å². The zero-order valence-corrected chi connectivity index (χ0v) is 13.2. The van der Waals surface area contributed by atoms with Gasteiger partial charge >= 0.3 is 0 Å². The summed E-state index contributed by atoms with van der Waals surface area (Å²) in [6, 6.07) is 6.73. The molecule has 0 radical (unpaired) electrons. The van der Waals surface area contributed by atoms with E-state index in [1.807, 2.05) is 19.9 Å². The topological polar surface area (TPSA) is 65.6 Å².